The van der Waals surface area contributed by atoms with Crippen LogP contribution in [0.15, 0.2) is 42.6 Å². The summed E-state index contributed by atoms with van der Waals surface area (Å²) in [6.45, 7) is 2.96. The van der Waals surface area contributed by atoms with Crippen LogP contribution in [0, 0.1) is 0 Å². The lowest BCUT2D eigenvalue weighted by Gasteiger charge is -2.19. The van der Waals surface area contributed by atoms with Crippen molar-refractivity contribution in [3.05, 3.63) is 48.2 Å². The van der Waals surface area contributed by atoms with Crippen molar-refractivity contribution in [1.82, 2.24) is 4.98 Å². The number of nitrogens with one attached hydrogen (secondary N) is 1. The molecule has 108 valence electrons. The number of hydrogen-bond donors (Lipinski definition) is 1. The van der Waals surface area contributed by atoms with Gasteiger partial charge in [-0.2, -0.15) is 0 Å². The first kappa shape index (κ1) is 13.6. The fourth-order valence-electron chi connectivity index (χ4n) is 2.66. The average Bonchev–Trinajstić information content (AvgIpc) is 2.92. The Morgan fingerprint density at radius 1 is 1.29 bits per heavy atom. The number of pyridine rings is 1. The van der Waals surface area contributed by atoms with Crippen LogP contribution in [0.2, 0.25) is 0 Å². The Morgan fingerprint density at radius 2 is 2.14 bits per heavy atom. The summed E-state index contributed by atoms with van der Waals surface area (Å²) in [5.74, 6) is 0.633. The molecule has 1 aliphatic heterocycles. The zero-order valence-electron chi connectivity index (χ0n) is 12.2. The zero-order chi connectivity index (χ0) is 14.7. The van der Waals surface area contributed by atoms with Crippen molar-refractivity contribution in [3.63, 3.8) is 0 Å². The minimum absolute atomic E-state index is 0.0178. The number of nitrogens with zero attached hydrogens (tertiary/aromatic N) is 2. The third kappa shape index (κ3) is 2.89. The average molecular weight is 281 g/mol. The highest BCUT2D eigenvalue weighted by Gasteiger charge is 2.19. The molecule has 0 saturated carbocycles. The van der Waals surface area contributed by atoms with Gasteiger partial charge in [0.2, 0.25) is 5.91 Å². The third-order valence-electron chi connectivity index (χ3n) is 3.69. The van der Waals surface area contributed by atoms with Gasteiger partial charge < -0.3 is 10.2 Å². The van der Waals surface area contributed by atoms with Crippen LogP contribution in [-0.4, -0.2) is 17.4 Å². The van der Waals surface area contributed by atoms with Gasteiger partial charge in [-0.15, -0.1) is 0 Å². The fraction of sp³-hybridized carbons (Fsp3) is 0.294. The first-order valence-electron chi connectivity index (χ1n) is 7.39. The van der Waals surface area contributed by atoms with Crippen molar-refractivity contribution in [2.45, 2.75) is 26.2 Å². The van der Waals surface area contributed by atoms with Gasteiger partial charge in [0.25, 0.3) is 0 Å². The highest BCUT2D eigenvalue weighted by Crippen LogP contribution is 2.33. The van der Waals surface area contributed by atoms with Gasteiger partial charge in [0.1, 0.15) is 5.82 Å². The zero-order valence-corrected chi connectivity index (χ0v) is 12.2. The molecule has 2 heterocycles. The molecule has 1 aliphatic rings. The van der Waals surface area contributed by atoms with Gasteiger partial charge in [0, 0.05) is 18.7 Å². The Morgan fingerprint density at radius 3 is 2.90 bits per heavy atom. The van der Waals surface area contributed by atoms with E-state index in [1.165, 1.54) is 11.3 Å². The summed E-state index contributed by atoms with van der Waals surface area (Å²) < 4.78 is 0. The molecule has 2 aromatic rings. The number of hydrogen-bond acceptors (Lipinski definition) is 3. The van der Waals surface area contributed by atoms with Crippen LogP contribution in [0.4, 0.5) is 17.2 Å². The molecule has 1 aromatic heterocycles. The van der Waals surface area contributed by atoms with Crippen molar-refractivity contribution in [2.75, 3.05) is 16.8 Å². The highest BCUT2D eigenvalue weighted by atomic mass is 16.1. The van der Waals surface area contributed by atoms with Crippen LogP contribution in [0.25, 0.3) is 0 Å². The number of rotatable bonds is 4. The van der Waals surface area contributed by atoms with Crippen LogP contribution in [0.3, 0.4) is 0 Å². The maximum absolute atomic E-state index is 11.6. The molecule has 4 nitrogen and oxygen atoms in total. The minimum Gasteiger partial charge on any atom is -0.340 e. The van der Waals surface area contributed by atoms with Crippen molar-refractivity contribution in [2.24, 2.45) is 0 Å². The predicted octanol–water partition coefficient (Wildman–Crippen LogP) is 3.51. The second-order valence-electron chi connectivity index (χ2n) is 5.23. The van der Waals surface area contributed by atoms with E-state index in [0.29, 0.717) is 12.2 Å². The molecular formula is C17H19N3O. The van der Waals surface area contributed by atoms with E-state index >= 15 is 0 Å². The minimum atomic E-state index is 0.0178. The molecule has 0 spiro atoms. The van der Waals surface area contributed by atoms with E-state index in [9.17, 15) is 4.79 Å². The van der Waals surface area contributed by atoms with Gasteiger partial charge in [0.05, 0.1) is 11.9 Å². The number of para-hydroxylation sites is 1. The van der Waals surface area contributed by atoms with Gasteiger partial charge >= 0.3 is 0 Å². The molecular weight excluding hydrogens is 262 g/mol. The molecule has 3 rings (SSSR count). The molecule has 1 N–H and O–H groups in total. The van der Waals surface area contributed by atoms with E-state index in [4.69, 9.17) is 0 Å². The number of aromatic nitrogens is 1. The Balaban J connectivity index is 1.75. The van der Waals surface area contributed by atoms with E-state index in [0.717, 1.165) is 25.1 Å². The van der Waals surface area contributed by atoms with Gasteiger partial charge in [-0.3, -0.25) is 4.79 Å². The number of fused-ring (bicyclic) bond motifs is 1. The Hall–Kier alpha value is -2.36. The lowest BCUT2D eigenvalue weighted by Crippen LogP contribution is -2.15. The molecule has 4 heteroatoms. The van der Waals surface area contributed by atoms with Crippen LogP contribution < -0.4 is 10.2 Å². The fourth-order valence-corrected chi connectivity index (χ4v) is 2.66. The standard InChI is InChI=1S/C17H19N3O/c1-2-5-17(21)19-16-9-8-14(12-18-16)20-11-10-13-6-3-4-7-15(13)20/h3-4,6-9,12H,2,5,10-11H2,1H3,(H,18,19,21). The number of carbonyl (C=O) groups is 1. The number of benzene rings is 1. The molecule has 0 radical (unpaired) electrons. The maximum atomic E-state index is 11.6. The Labute approximate surface area is 124 Å². The quantitative estimate of drug-likeness (QED) is 0.932. The topological polar surface area (TPSA) is 45.2 Å². The van der Waals surface area contributed by atoms with Crippen molar-refractivity contribution < 1.29 is 4.79 Å². The molecule has 0 aliphatic carbocycles. The third-order valence-corrected chi connectivity index (χ3v) is 3.69. The lowest BCUT2D eigenvalue weighted by atomic mass is 10.2. The van der Waals surface area contributed by atoms with Crippen molar-refractivity contribution in [1.29, 1.82) is 0 Å². The summed E-state index contributed by atoms with van der Waals surface area (Å²) in [6.07, 6.45) is 4.26. The summed E-state index contributed by atoms with van der Waals surface area (Å²) in [4.78, 5) is 18.2. The van der Waals surface area contributed by atoms with E-state index in [1.807, 2.05) is 25.3 Å². The summed E-state index contributed by atoms with van der Waals surface area (Å²) >= 11 is 0. The molecule has 0 bridgehead atoms. The Bertz CT molecular complexity index is 637. The molecule has 1 amide bonds. The molecule has 0 unspecified atom stereocenters. The van der Waals surface area contributed by atoms with Gasteiger partial charge in [-0.05, 0) is 36.6 Å². The van der Waals surface area contributed by atoms with Crippen LogP contribution in [0.1, 0.15) is 25.3 Å². The van der Waals surface area contributed by atoms with Crippen LogP contribution in [-0.2, 0) is 11.2 Å². The molecule has 0 fully saturated rings. The summed E-state index contributed by atoms with van der Waals surface area (Å²) in [5.41, 5.74) is 3.69. The van der Waals surface area contributed by atoms with Gasteiger partial charge in [-0.25, -0.2) is 4.98 Å². The number of amides is 1. The van der Waals surface area contributed by atoms with Crippen LogP contribution in [0.5, 0.6) is 0 Å². The van der Waals surface area contributed by atoms with E-state index in [1.54, 1.807) is 0 Å². The largest absolute Gasteiger partial charge is 0.340 e. The predicted molar refractivity (Wildman–Crippen MR) is 84.9 cm³/mol. The lowest BCUT2D eigenvalue weighted by molar-refractivity contribution is -0.116. The van der Waals surface area contributed by atoms with Gasteiger partial charge in [-0.1, -0.05) is 25.1 Å². The van der Waals surface area contributed by atoms with E-state index in [-0.39, 0.29) is 5.91 Å². The second kappa shape index (κ2) is 5.95. The Kier molecular flexibility index (Phi) is 3.86. The summed E-state index contributed by atoms with van der Waals surface area (Å²) in [5, 5.41) is 2.81. The number of carbonyl (C=O) groups excluding carboxylic acids is 1. The second-order valence-corrected chi connectivity index (χ2v) is 5.23. The SMILES string of the molecule is CCCC(=O)Nc1ccc(N2CCc3ccccc32)cn1. The first-order chi connectivity index (χ1) is 10.3. The van der Waals surface area contributed by atoms with Crippen molar-refractivity contribution >= 4 is 23.1 Å². The number of anilines is 3. The summed E-state index contributed by atoms with van der Waals surface area (Å²) in [7, 11) is 0. The summed E-state index contributed by atoms with van der Waals surface area (Å²) in [6, 6.07) is 12.3. The van der Waals surface area contributed by atoms with Crippen molar-refractivity contribution in [3.8, 4) is 0 Å². The van der Waals surface area contributed by atoms with E-state index in [2.05, 4.69) is 39.5 Å². The molecule has 21 heavy (non-hydrogen) atoms. The van der Waals surface area contributed by atoms with Crippen LogP contribution >= 0.6 is 0 Å². The normalized spacial score (nSPS) is 13.1. The molecule has 0 atom stereocenters. The maximum Gasteiger partial charge on any atom is 0.225 e. The molecule has 0 saturated heterocycles. The highest BCUT2D eigenvalue weighted by molar-refractivity contribution is 5.89. The van der Waals surface area contributed by atoms with E-state index < -0.39 is 0 Å². The monoisotopic (exact) mass is 281 g/mol. The van der Waals surface area contributed by atoms with Gasteiger partial charge in [0.15, 0.2) is 0 Å². The first-order valence-corrected chi connectivity index (χ1v) is 7.39. The smallest absolute Gasteiger partial charge is 0.225 e. The molecule has 1 aromatic carbocycles.